The van der Waals surface area contributed by atoms with E-state index in [0.717, 1.165) is 4.90 Å². The van der Waals surface area contributed by atoms with Gasteiger partial charge in [0, 0.05) is 17.7 Å². The summed E-state index contributed by atoms with van der Waals surface area (Å²) in [4.78, 5) is 56.9. The normalized spacial score (nSPS) is 21.8. The van der Waals surface area contributed by atoms with Crippen LogP contribution < -0.4 is 15.4 Å². The first-order valence-corrected chi connectivity index (χ1v) is 13.4. The first-order valence-electron chi connectivity index (χ1n) is 11.4. The summed E-state index contributed by atoms with van der Waals surface area (Å²) in [6.45, 7) is 3.25. The van der Waals surface area contributed by atoms with Crippen LogP contribution in [0.25, 0.3) is 10.4 Å². The number of aromatic nitrogens is 3. The van der Waals surface area contributed by atoms with E-state index in [1.165, 1.54) is 47.4 Å². The number of fused-ring (bicyclic) bond motifs is 2. The first kappa shape index (κ1) is 25.1. The zero-order valence-electron chi connectivity index (χ0n) is 20.1. The molecule has 0 saturated carbocycles. The van der Waals surface area contributed by atoms with E-state index >= 15 is 0 Å². The van der Waals surface area contributed by atoms with Gasteiger partial charge < -0.3 is 25.6 Å². The number of hydrogen-bond acceptors (Lipinski definition) is 9. The average molecular weight is 542 g/mol. The van der Waals surface area contributed by atoms with Crippen LogP contribution in [0.2, 0.25) is 0 Å². The molecule has 0 unspecified atom stereocenters. The largest absolute Gasteiger partial charge is 0.543 e. The van der Waals surface area contributed by atoms with Crippen LogP contribution in [0.5, 0.6) is 0 Å². The van der Waals surface area contributed by atoms with Crippen molar-refractivity contribution in [3.8, 4) is 0 Å². The van der Waals surface area contributed by atoms with Crippen LogP contribution in [0.3, 0.4) is 0 Å². The van der Waals surface area contributed by atoms with Crippen molar-refractivity contribution in [1.82, 2.24) is 14.3 Å². The van der Waals surface area contributed by atoms with E-state index < -0.39 is 35.8 Å². The second kappa shape index (κ2) is 9.08. The van der Waals surface area contributed by atoms with Gasteiger partial charge in [-0.05, 0) is 19.2 Å². The molecule has 3 aromatic rings. The van der Waals surface area contributed by atoms with Gasteiger partial charge in [0.05, 0.1) is 45.1 Å². The SMILES string of the molecule is CSc1cc(C(=O)c2ncn3cc(C4=C(C(=O)[O-])N5C(=O)[C@H]([C@@H](C)O)[C@H]5[C@H]4C)sc23)c[n+](CC(N)=O)c1. The Morgan fingerprint density at radius 2 is 2.08 bits per heavy atom. The average Bonchev–Trinajstić information content (AvgIpc) is 3.47. The number of rotatable bonds is 8. The van der Waals surface area contributed by atoms with Crippen molar-refractivity contribution in [2.45, 2.75) is 37.4 Å². The third kappa shape index (κ3) is 3.93. The highest BCUT2D eigenvalue weighted by Gasteiger charge is 2.58. The van der Waals surface area contributed by atoms with Crippen LogP contribution in [-0.4, -0.2) is 61.4 Å². The predicted molar refractivity (Wildman–Crippen MR) is 131 cm³/mol. The van der Waals surface area contributed by atoms with Crippen LogP contribution >= 0.6 is 23.1 Å². The van der Waals surface area contributed by atoms with Crippen LogP contribution in [0, 0.1) is 11.8 Å². The highest BCUT2D eigenvalue weighted by atomic mass is 32.2. The lowest BCUT2D eigenvalue weighted by Gasteiger charge is -2.47. The maximum absolute atomic E-state index is 13.5. The summed E-state index contributed by atoms with van der Waals surface area (Å²) >= 11 is 2.60. The van der Waals surface area contributed by atoms with Gasteiger partial charge in [-0.25, -0.2) is 4.98 Å². The minimum absolute atomic E-state index is 0.0850. The fourth-order valence-corrected chi connectivity index (χ4v) is 6.91. The number of thiazole rings is 1. The van der Waals surface area contributed by atoms with Crippen LogP contribution in [0.15, 0.2) is 41.6 Å². The van der Waals surface area contributed by atoms with E-state index in [0.29, 0.717) is 20.8 Å². The third-order valence-corrected chi connectivity index (χ3v) is 8.63. The van der Waals surface area contributed by atoms with Gasteiger partial charge in [0.1, 0.15) is 16.9 Å². The molecule has 13 heteroatoms. The molecular weight excluding hydrogens is 518 g/mol. The Bertz CT molecular complexity index is 1520. The van der Waals surface area contributed by atoms with E-state index in [2.05, 4.69) is 4.98 Å². The number of primary amides is 1. The second-order valence-electron chi connectivity index (χ2n) is 9.14. The summed E-state index contributed by atoms with van der Waals surface area (Å²) < 4.78 is 3.19. The van der Waals surface area contributed by atoms with Crippen molar-refractivity contribution in [3.63, 3.8) is 0 Å². The maximum atomic E-state index is 13.5. The minimum Gasteiger partial charge on any atom is -0.543 e. The lowest BCUT2D eigenvalue weighted by molar-refractivity contribution is -0.686. The maximum Gasteiger partial charge on any atom is 0.283 e. The lowest BCUT2D eigenvalue weighted by atomic mass is 9.77. The molecule has 2 aliphatic heterocycles. The van der Waals surface area contributed by atoms with Crippen LogP contribution in [-0.2, 0) is 20.9 Å². The summed E-state index contributed by atoms with van der Waals surface area (Å²) in [6, 6.07) is 1.22. The zero-order valence-corrected chi connectivity index (χ0v) is 21.7. The monoisotopic (exact) mass is 541 g/mol. The third-order valence-electron chi connectivity index (χ3n) is 6.79. The van der Waals surface area contributed by atoms with Gasteiger partial charge in [-0.2, -0.15) is 4.57 Å². The fraction of sp³-hybridized carbons (Fsp3) is 0.333. The molecule has 37 heavy (non-hydrogen) atoms. The summed E-state index contributed by atoms with van der Waals surface area (Å²) in [5.41, 5.74) is 6.04. The van der Waals surface area contributed by atoms with Gasteiger partial charge in [0.25, 0.3) is 5.91 Å². The molecule has 4 atom stereocenters. The number of pyridine rings is 1. The Kier molecular flexibility index (Phi) is 6.16. The molecule has 0 bridgehead atoms. The number of imidazole rings is 1. The zero-order chi connectivity index (χ0) is 26.8. The molecule has 3 aromatic heterocycles. The quantitative estimate of drug-likeness (QED) is 0.166. The van der Waals surface area contributed by atoms with Crippen molar-refractivity contribution in [2.24, 2.45) is 17.6 Å². The van der Waals surface area contributed by atoms with Crippen molar-refractivity contribution in [2.75, 3.05) is 6.26 Å². The van der Waals surface area contributed by atoms with Crippen molar-refractivity contribution < 1.29 is 34.0 Å². The molecule has 3 N–H and O–H groups in total. The van der Waals surface area contributed by atoms with E-state index in [9.17, 15) is 29.4 Å². The molecule has 5 rings (SSSR count). The predicted octanol–water partition coefficient (Wildman–Crippen LogP) is -0.560. The lowest BCUT2D eigenvalue weighted by Crippen LogP contribution is -2.64. The summed E-state index contributed by atoms with van der Waals surface area (Å²) in [5, 5.41) is 22.2. The number of amides is 2. The molecule has 1 saturated heterocycles. The number of nitrogens with two attached hydrogens (primary N) is 1. The van der Waals surface area contributed by atoms with E-state index in [1.54, 1.807) is 27.4 Å². The van der Waals surface area contributed by atoms with Crippen LogP contribution in [0.1, 0.15) is 34.8 Å². The Morgan fingerprint density at radius 1 is 1.35 bits per heavy atom. The van der Waals surface area contributed by atoms with Gasteiger partial charge in [0.2, 0.25) is 18.2 Å². The highest BCUT2D eigenvalue weighted by Crippen LogP contribution is 2.51. The molecule has 11 nitrogen and oxygen atoms in total. The number of nitrogens with zero attached hydrogens (tertiary/aromatic N) is 4. The number of ketones is 1. The summed E-state index contributed by atoms with van der Waals surface area (Å²) in [7, 11) is 0. The van der Waals surface area contributed by atoms with Gasteiger partial charge in [-0.1, -0.05) is 6.92 Å². The number of thioether (sulfide) groups is 1. The Hall–Kier alpha value is -3.55. The highest BCUT2D eigenvalue weighted by molar-refractivity contribution is 7.98. The molecule has 2 amide bonds. The number of aliphatic hydroxyl groups excluding tert-OH is 1. The van der Waals surface area contributed by atoms with Gasteiger partial charge in [0.15, 0.2) is 12.4 Å². The molecule has 1 fully saturated rings. The Balaban J connectivity index is 1.56. The minimum atomic E-state index is -1.47. The number of aliphatic hydroxyl groups is 1. The Labute approximate surface area is 219 Å². The number of carbonyl (C=O) groups is 4. The number of aliphatic carboxylic acids is 1. The Morgan fingerprint density at radius 3 is 2.70 bits per heavy atom. The van der Waals surface area contributed by atoms with E-state index in [-0.39, 0.29) is 29.6 Å². The van der Waals surface area contributed by atoms with Crippen molar-refractivity contribution >= 4 is 57.1 Å². The van der Waals surface area contributed by atoms with E-state index in [4.69, 9.17) is 5.73 Å². The molecule has 0 radical (unpaired) electrons. The summed E-state index contributed by atoms with van der Waals surface area (Å²) in [6.07, 6.45) is 7.34. The fourth-order valence-electron chi connectivity index (χ4n) is 5.21. The second-order valence-corrected chi connectivity index (χ2v) is 11.0. The number of carbonyl (C=O) groups excluding carboxylic acids is 4. The molecule has 2 aliphatic rings. The van der Waals surface area contributed by atoms with Gasteiger partial charge in [-0.15, -0.1) is 23.1 Å². The molecular formula is C24H23N5O6S2. The van der Waals surface area contributed by atoms with Crippen LogP contribution in [0.4, 0.5) is 0 Å². The standard InChI is InChI=1S/C24H23N5O6S2/c1-10-16(20(24(34)35)29-19(10)17(11(2)30)22(29)33)14-7-28-9-26-18(23(28)37-14)21(32)12-4-13(36-3)6-27(5-12)8-15(25)31/h4-7,9-11,17,19,30H,8H2,1-3H3,(H2-,25,31,34,35)/t10-,11+,17+,19+/m0/s1. The number of carboxylic acids is 1. The number of β-lactam (4-membered cyclic amide) rings is 1. The molecule has 0 aliphatic carbocycles. The molecule has 0 aromatic carbocycles. The molecule has 0 spiro atoms. The number of hydrogen-bond donors (Lipinski definition) is 2. The molecule has 5 heterocycles. The molecule has 192 valence electrons. The number of carboxylic acid groups (broad SMARTS) is 1. The topological polar surface area (TPSA) is 162 Å². The van der Waals surface area contributed by atoms with Crippen molar-refractivity contribution in [1.29, 1.82) is 0 Å². The van der Waals surface area contributed by atoms with Gasteiger partial charge in [-0.3, -0.25) is 18.8 Å². The smallest absolute Gasteiger partial charge is 0.283 e. The summed E-state index contributed by atoms with van der Waals surface area (Å²) in [5.74, 6) is -3.89. The van der Waals surface area contributed by atoms with Crippen molar-refractivity contribution in [3.05, 3.63) is 52.8 Å². The first-order chi connectivity index (χ1) is 17.5. The van der Waals surface area contributed by atoms with Gasteiger partial charge >= 0.3 is 0 Å². The van der Waals surface area contributed by atoms with E-state index in [1.807, 2.05) is 13.2 Å².